The van der Waals surface area contributed by atoms with Crippen LogP contribution in [-0.4, -0.2) is 26.0 Å². The smallest absolute Gasteiger partial charge is 0.224 e. The van der Waals surface area contributed by atoms with Gasteiger partial charge in [0.25, 0.3) is 0 Å². The first-order valence-electron chi connectivity index (χ1n) is 7.26. The molecule has 2 aromatic heterocycles. The monoisotopic (exact) mass is 276 g/mol. The largest absolute Gasteiger partial charge is 0.368 e. The van der Waals surface area contributed by atoms with Gasteiger partial charge in [0, 0.05) is 6.04 Å². The third-order valence-electron chi connectivity index (χ3n) is 4.10. The fourth-order valence-electron chi connectivity index (χ4n) is 2.51. The number of nitrogens with two attached hydrogens (primary N) is 1. The van der Waals surface area contributed by atoms with E-state index in [1.54, 1.807) is 6.33 Å². The third kappa shape index (κ3) is 3.00. The molecule has 0 aliphatic heterocycles. The summed E-state index contributed by atoms with van der Waals surface area (Å²) in [5.41, 5.74) is 7.13. The normalized spacial score (nSPS) is 16.0. The predicted octanol–water partition coefficient (Wildman–Crippen LogP) is 2.81. The van der Waals surface area contributed by atoms with Crippen molar-refractivity contribution in [2.24, 2.45) is 11.8 Å². The molecule has 4 N–H and O–H groups in total. The molecule has 0 aliphatic carbocycles. The van der Waals surface area contributed by atoms with Crippen LogP contribution in [0.25, 0.3) is 11.2 Å². The molecule has 110 valence electrons. The number of hydrogen-bond donors (Lipinski definition) is 3. The summed E-state index contributed by atoms with van der Waals surface area (Å²) in [5, 5.41) is 3.45. The van der Waals surface area contributed by atoms with Crippen LogP contribution in [0.5, 0.6) is 0 Å². The van der Waals surface area contributed by atoms with E-state index in [-0.39, 0.29) is 5.95 Å². The van der Waals surface area contributed by atoms with Crippen LogP contribution in [-0.2, 0) is 0 Å². The fourth-order valence-corrected chi connectivity index (χ4v) is 2.51. The standard InChI is InChI=1S/C14H24N6/c1-5-6-8(2)9(3)10(4)18-13-11-12(17-7-16-11)19-14(15)20-13/h7-10H,5-6H2,1-4H3,(H4,15,16,17,18,19,20). The van der Waals surface area contributed by atoms with Crippen molar-refractivity contribution in [1.29, 1.82) is 0 Å². The maximum atomic E-state index is 5.73. The van der Waals surface area contributed by atoms with E-state index in [0.717, 1.165) is 11.3 Å². The number of H-pyrrole nitrogens is 1. The number of aromatic nitrogens is 4. The van der Waals surface area contributed by atoms with E-state index in [2.05, 4.69) is 52.9 Å². The maximum absolute atomic E-state index is 5.73. The summed E-state index contributed by atoms with van der Waals surface area (Å²) in [6, 6.07) is 0.303. The summed E-state index contributed by atoms with van der Waals surface area (Å²) in [6.07, 6.45) is 4.06. The summed E-state index contributed by atoms with van der Waals surface area (Å²) in [5.74, 6) is 2.18. The first-order chi connectivity index (χ1) is 9.52. The second-order valence-electron chi connectivity index (χ2n) is 5.59. The van der Waals surface area contributed by atoms with Crippen molar-refractivity contribution < 1.29 is 0 Å². The van der Waals surface area contributed by atoms with Gasteiger partial charge in [-0.3, -0.25) is 0 Å². The molecule has 0 aromatic carbocycles. The lowest BCUT2D eigenvalue weighted by Crippen LogP contribution is -2.29. The Morgan fingerprint density at radius 1 is 1.30 bits per heavy atom. The minimum atomic E-state index is 0.244. The van der Waals surface area contributed by atoms with Gasteiger partial charge in [0.15, 0.2) is 11.5 Å². The number of imidazole rings is 1. The van der Waals surface area contributed by atoms with Crippen LogP contribution < -0.4 is 11.1 Å². The van der Waals surface area contributed by atoms with Crippen LogP contribution in [0, 0.1) is 11.8 Å². The van der Waals surface area contributed by atoms with Crippen LogP contribution in [0.2, 0.25) is 0 Å². The molecule has 0 spiro atoms. The number of rotatable bonds is 6. The second kappa shape index (κ2) is 6.07. The lowest BCUT2D eigenvalue weighted by atomic mass is 9.87. The number of nitrogen functional groups attached to an aromatic ring is 1. The predicted molar refractivity (Wildman–Crippen MR) is 82.4 cm³/mol. The van der Waals surface area contributed by atoms with E-state index >= 15 is 0 Å². The quantitative estimate of drug-likeness (QED) is 0.754. The number of fused-ring (bicyclic) bond motifs is 1. The number of nitrogens with zero attached hydrogens (tertiary/aromatic N) is 3. The molecular weight excluding hydrogens is 252 g/mol. The van der Waals surface area contributed by atoms with Crippen LogP contribution >= 0.6 is 0 Å². The van der Waals surface area contributed by atoms with Crippen molar-refractivity contribution in [3.63, 3.8) is 0 Å². The molecular formula is C14H24N6. The van der Waals surface area contributed by atoms with Crippen LogP contribution in [0.4, 0.5) is 11.8 Å². The average molecular weight is 276 g/mol. The zero-order valence-electron chi connectivity index (χ0n) is 12.6. The number of nitrogens with one attached hydrogen (secondary N) is 2. The molecule has 0 fully saturated rings. The van der Waals surface area contributed by atoms with Gasteiger partial charge in [0.1, 0.15) is 5.52 Å². The fraction of sp³-hybridized carbons (Fsp3) is 0.643. The molecule has 2 rings (SSSR count). The number of hydrogen-bond acceptors (Lipinski definition) is 5. The third-order valence-corrected chi connectivity index (χ3v) is 4.10. The summed E-state index contributed by atoms with van der Waals surface area (Å²) in [6.45, 7) is 8.97. The molecule has 0 saturated carbocycles. The van der Waals surface area contributed by atoms with Crippen molar-refractivity contribution in [3.8, 4) is 0 Å². The van der Waals surface area contributed by atoms with Gasteiger partial charge >= 0.3 is 0 Å². The van der Waals surface area contributed by atoms with E-state index in [4.69, 9.17) is 5.73 Å². The molecule has 0 radical (unpaired) electrons. The number of aromatic amines is 1. The molecule has 20 heavy (non-hydrogen) atoms. The molecule has 0 bridgehead atoms. The minimum Gasteiger partial charge on any atom is -0.368 e. The summed E-state index contributed by atoms with van der Waals surface area (Å²) < 4.78 is 0. The lowest BCUT2D eigenvalue weighted by molar-refractivity contribution is 0.330. The van der Waals surface area contributed by atoms with Gasteiger partial charge in [-0.2, -0.15) is 9.97 Å². The van der Waals surface area contributed by atoms with Crippen LogP contribution in [0.15, 0.2) is 6.33 Å². The Hall–Kier alpha value is -1.85. The Morgan fingerprint density at radius 2 is 2.05 bits per heavy atom. The van der Waals surface area contributed by atoms with Gasteiger partial charge in [-0.25, -0.2) is 4.98 Å². The zero-order valence-corrected chi connectivity index (χ0v) is 12.6. The highest BCUT2D eigenvalue weighted by molar-refractivity contribution is 5.83. The average Bonchev–Trinajstić information content (AvgIpc) is 2.86. The van der Waals surface area contributed by atoms with Crippen molar-refractivity contribution >= 4 is 22.9 Å². The van der Waals surface area contributed by atoms with Gasteiger partial charge < -0.3 is 16.0 Å². The lowest BCUT2D eigenvalue weighted by Gasteiger charge is -2.27. The zero-order chi connectivity index (χ0) is 14.7. The molecule has 0 aliphatic rings. The van der Waals surface area contributed by atoms with Gasteiger partial charge in [-0.1, -0.05) is 33.6 Å². The van der Waals surface area contributed by atoms with E-state index in [1.165, 1.54) is 12.8 Å². The van der Waals surface area contributed by atoms with Crippen molar-refractivity contribution in [2.75, 3.05) is 11.1 Å². The Balaban J connectivity index is 2.17. The van der Waals surface area contributed by atoms with Crippen LogP contribution in [0.1, 0.15) is 40.5 Å². The molecule has 0 saturated heterocycles. The Kier molecular flexibility index (Phi) is 4.42. The van der Waals surface area contributed by atoms with Gasteiger partial charge in [0.2, 0.25) is 5.95 Å². The van der Waals surface area contributed by atoms with Crippen LogP contribution in [0.3, 0.4) is 0 Å². The second-order valence-corrected chi connectivity index (χ2v) is 5.59. The summed E-state index contributed by atoms with van der Waals surface area (Å²) in [7, 11) is 0. The summed E-state index contributed by atoms with van der Waals surface area (Å²) >= 11 is 0. The highest BCUT2D eigenvalue weighted by Gasteiger charge is 2.20. The highest BCUT2D eigenvalue weighted by Crippen LogP contribution is 2.24. The summed E-state index contributed by atoms with van der Waals surface area (Å²) in [4.78, 5) is 15.6. The van der Waals surface area contributed by atoms with E-state index in [9.17, 15) is 0 Å². The molecule has 2 aromatic rings. The first-order valence-corrected chi connectivity index (χ1v) is 7.26. The molecule has 0 amide bonds. The first kappa shape index (κ1) is 14.6. The van der Waals surface area contributed by atoms with Gasteiger partial charge in [0.05, 0.1) is 6.33 Å². The SMILES string of the molecule is CCCC(C)C(C)C(C)Nc1nc(N)nc2nc[nH]c12. The molecule has 6 heteroatoms. The Morgan fingerprint density at radius 3 is 2.75 bits per heavy atom. The maximum Gasteiger partial charge on any atom is 0.224 e. The molecule has 2 heterocycles. The van der Waals surface area contributed by atoms with E-state index in [1.807, 2.05) is 0 Å². The highest BCUT2D eigenvalue weighted by atomic mass is 15.1. The van der Waals surface area contributed by atoms with Crippen molar-refractivity contribution in [2.45, 2.75) is 46.6 Å². The topological polar surface area (TPSA) is 92.5 Å². The molecule has 6 nitrogen and oxygen atoms in total. The minimum absolute atomic E-state index is 0.244. The Labute approximate surface area is 119 Å². The van der Waals surface area contributed by atoms with Crippen molar-refractivity contribution in [1.82, 2.24) is 19.9 Å². The number of anilines is 2. The van der Waals surface area contributed by atoms with E-state index < -0.39 is 0 Å². The van der Waals surface area contributed by atoms with E-state index in [0.29, 0.717) is 23.5 Å². The van der Waals surface area contributed by atoms with Crippen molar-refractivity contribution in [3.05, 3.63) is 6.33 Å². The van der Waals surface area contributed by atoms with Gasteiger partial charge in [-0.05, 0) is 18.8 Å². The molecule has 3 unspecified atom stereocenters. The molecule has 3 atom stereocenters. The Bertz CT molecular complexity index is 564. The van der Waals surface area contributed by atoms with Gasteiger partial charge in [-0.15, -0.1) is 0 Å².